The molecular weight excluding hydrogens is 374 g/mol. The Hall–Kier alpha value is -3.08. The summed E-state index contributed by atoms with van der Waals surface area (Å²) in [4.78, 5) is 26.7. The normalized spacial score (nSPS) is 13.3. The van der Waals surface area contributed by atoms with Gasteiger partial charge in [0.1, 0.15) is 0 Å². The number of rotatable bonds is 9. The first-order valence-corrected chi connectivity index (χ1v) is 10.8. The lowest BCUT2D eigenvalue weighted by atomic mass is 9.97. The average Bonchev–Trinajstić information content (AvgIpc) is 2.80. The van der Waals surface area contributed by atoms with E-state index < -0.39 is 0 Å². The molecule has 0 bridgehead atoms. The predicted octanol–water partition coefficient (Wildman–Crippen LogP) is 4.77. The fraction of sp³-hybridized carbons (Fsp3) is 0.360. The van der Waals surface area contributed by atoms with E-state index >= 15 is 0 Å². The third kappa shape index (κ3) is 6.21. The van der Waals surface area contributed by atoms with Crippen molar-refractivity contribution in [2.75, 3.05) is 29.9 Å². The van der Waals surface area contributed by atoms with Crippen molar-refractivity contribution in [3.8, 4) is 0 Å². The molecule has 0 unspecified atom stereocenters. The van der Waals surface area contributed by atoms with E-state index in [1.165, 1.54) is 31.3 Å². The van der Waals surface area contributed by atoms with Crippen molar-refractivity contribution < 1.29 is 9.59 Å². The average molecular weight is 406 g/mol. The van der Waals surface area contributed by atoms with Gasteiger partial charge in [0, 0.05) is 30.0 Å². The van der Waals surface area contributed by atoms with Gasteiger partial charge in [-0.25, -0.2) is 0 Å². The summed E-state index contributed by atoms with van der Waals surface area (Å²) in [6.07, 6.45) is 8.14. The molecule has 30 heavy (non-hydrogen) atoms. The first kappa shape index (κ1) is 21.6. The van der Waals surface area contributed by atoms with E-state index in [4.69, 9.17) is 0 Å². The van der Waals surface area contributed by atoms with Crippen molar-refractivity contribution in [2.45, 2.75) is 39.0 Å². The lowest BCUT2D eigenvalue weighted by molar-refractivity contribution is -0.119. The number of carbonyl (C=O) groups excluding carboxylic acids is 2. The van der Waals surface area contributed by atoms with Gasteiger partial charge in [0.25, 0.3) is 5.91 Å². The summed E-state index contributed by atoms with van der Waals surface area (Å²) in [5, 5.41) is 6.09. The maximum atomic E-state index is 12.8. The summed E-state index contributed by atoms with van der Waals surface area (Å²) in [5.41, 5.74) is 3.79. The second-order valence-electron chi connectivity index (χ2n) is 7.52. The number of nitrogens with zero attached hydrogens (tertiary/aromatic N) is 1. The van der Waals surface area contributed by atoms with Crippen LogP contribution in [0.3, 0.4) is 0 Å². The van der Waals surface area contributed by atoms with Crippen LogP contribution in [0.15, 0.2) is 66.2 Å². The van der Waals surface area contributed by atoms with E-state index in [0.717, 1.165) is 17.8 Å². The van der Waals surface area contributed by atoms with E-state index in [1.807, 2.05) is 49.4 Å². The first-order chi connectivity index (χ1) is 14.7. The number of allylic oxidation sites excluding steroid dienone is 1. The van der Waals surface area contributed by atoms with Crippen molar-refractivity contribution in [1.29, 1.82) is 0 Å². The topological polar surface area (TPSA) is 61.4 Å². The molecule has 0 atom stereocenters. The van der Waals surface area contributed by atoms with Gasteiger partial charge in [-0.3, -0.25) is 9.59 Å². The van der Waals surface area contributed by atoms with Gasteiger partial charge < -0.3 is 15.5 Å². The molecule has 1 aliphatic rings. The molecule has 0 fully saturated rings. The monoisotopic (exact) mass is 405 g/mol. The summed E-state index contributed by atoms with van der Waals surface area (Å²) in [6.45, 7) is 3.47. The highest BCUT2D eigenvalue weighted by molar-refractivity contribution is 6.06. The van der Waals surface area contributed by atoms with Crippen LogP contribution in [-0.4, -0.2) is 31.4 Å². The maximum absolute atomic E-state index is 12.8. The number of benzene rings is 2. The molecule has 158 valence electrons. The van der Waals surface area contributed by atoms with Crippen LogP contribution in [0.2, 0.25) is 0 Å². The molecule has 0 saturated heterocycles. The van der Waals surface area contributed by atoms with Crippen LogP contribution in [0, 0.1) is 0 Å². The molecule has 3 rings (SSSR count). The summed E-state index contributed by atoms with van der Waals surface area (Å²) in [5.74, 6) is -0.0576. The van der Waals surface area contributed by atoms with Gasteiger partial charge in [-0.1, -0.05) is 29.8 Å². The fourth-order valence-electron chi connectivity index (χ4n) is 3.68. The van der Waals surface area contributed by atoms with E-state index in [9.17, 15) is 9.59 Å². The lowest BCUT2D eigenvalue weighted by Crippen LogP contribution is -2.31. The van der Waals surface area contributed by atoms with Crippen LogP contribution in [0.25, 0.3) is 0 Å². The molecule has 0 aliphatic heterocycles. The third-order valence-electron chi connectivity index (χ3n) is 5.37. The zero-order chi connectivity index (χ0) is 21.2. The summed E-state index contributed by atoms with van der Waals surface area (Å²) < 4.78 is 0. The molecule has 2 aromatic rings. The number of nitrogens with one attached hydrogen (secondary N) is 2. The van der Waals surface area contributed by atoms with Gasteiger partial charge in [-0.05, 0) is 75.4 Å². The smallest absolute Gasteiger partial charge is 0.258 e. The fourth-order valence-corrected chi connectivity index (χ4v) is 3.68. The Morgan fingerprint density at radius 3 is 2.43 bits per heavy atom. The van der Waals surface area contributed by atoms with Crippen molar-refractivity contribution in [1.82, 2.24) is 5.32 Å². The zero-order valence-corrected chi connectivity index (χ0v) is 17.7. The molecule has 0 aromatic heterocycles. The molecule has 5 nitrogen and oxygen atoms in total. The minimum absolute atomic E-state index is 0.0206. The summed E-state index contributed by atoms with van der Waals surface area (Å²) >= 11 is 0. The van der Waals surface area contributed by atoms with Crippen LogP contribution < -0.4 is 15.5 Å². The van der Waals surface area contributed by atoms with E-state index in [2.05, 4.69) is 16.7 Å². The molecule has 0 spiro atoms. The SMILES string of the molecule is CCN(C(=O)c1ccc(NCC(=O)NCCC2=CCCCC2)cc1)c1ccccc1. The van der Waals surface area contributed by atoms with Crippen LogP contribution >= 0.6 is 0 Å². The van der Waals surface area contributed by atoms with Crippen LogP contribution in [-0.2, 0) is 4.79 Å². The number of hydrogen-bond donors (Lipinski definition) is 2. The van der Waals surface area contributed by atoms with Gasteiger partial charge >= 0.3 is 0 Å². The Bertz CT molecular complexity index is 860. The molecule has 2 aromatic carbocycles. The number of hydrogen-bond acceptors (Lipinski definition) is 3. The highest BCUT2D eigenvalue weighted by atomic mass is 16.2. The highest BCUT2D eigenvalue weighted by Gasteiger charge is 2.15. The van der Waals surface area contributed by atoms with Crippen molar-refractivity contribution in [2.24, 2.45) is 0 Å². The second-order valence-corrected chi connectivity index (χ2v) is 7.52. The molecular formula is C25H31N3O2. The van der Waals surface area contributed by atoms with Crippen LogP contribution in [0.5, 0.6) is 0 Å². The van der Waals surface area contributed by atoms with Crippen LogP contribution in [0.4, 0.5) is 11.4 Å². The molecule has 0 saturated carbocycles. The summed E-state index contributed by atoms with van der Waals surface area (Å²) in [7, 11) is 0. The zero-order valence-electron chi connectivity index (χ0n) is 17.7. The Labute approximate surface area is 179 Å². The molecule has 2 amide bonds. The molecule has 5 heteroatoms. The van der Waals surface area contributed by atoms with Crippen molar-refractivity contribution in [3.05, 3.63) is 71.8 Å². The first-order valence-electron chi connectivity index (χ1n) is 10.8. The quantitative estimate of drug-likeness (QED) is 0.591. The minimum Gasteiger partial charge on any atom is -0.376 e. The minimum atomic E-state index is -0.0370. The Morgan fingerprint density at radius 2 is 1.77 bits per heavy atom. The van der Waals surface area contributed by atoms with Gasteiger partial charge in [-0.15, -0.1) is 0 Å². The number of anilines is 2. The molecule has 0 heterocycles. The molecule has 1 aliphatic carbocycles. The molecule has 2 N–H and O–H groups in total. The highest BCUT2D eigenvalue weighted by Crippen LogP contribution is 2.20. The lowest BCUT2D eigenvalue weighted by Gasteiger charge is -2.21. The Kier molecular flexibility index (Phi) is 8.07. The van der Waals surface area contributed by atoms with Crippen LogP contribution in [0.1, 0.15) is 49.4 Å². The van der Waals surface area contributed by atoms with Crippen molar-refractivity contribution in [3.63, 3.8) is 0 Å². The third-order valence-corrected chi connectivity index (χ3v) is 5.37. The number of carbonyl (C=O) groups is 2. The Morgan fingerprint density at radius 1 is 1.00 bits per heavy atom. The van der Waals surface area contributed by atoms with E-state index in [0.29, 0.717) is 18.7 Å². The van der Waals surface area contributed by atoms with Gasteiger partial charge in [0.15, 0.2) is 0 Å². The van der Waals surface area contributed by atoms with Gasteiger partial charge in [0.2, 0.25) is 5.91 Å². The standard InChI is InChI=1S/C25H31N3O2/c1-2-28(23-11-7-4-8-12-23)25(30)21-13-15-22(16-14-21)27-19-24(29)26-18-17-20-9-5-3-6-10-20/h4,7-9,11-16,27H,2-3,5-6,10,17-19H2,1H3,(H,26,29). The van der Waals surface area contributed by atoms with E-state index in [1.54, 1.807) is 17.0 Å². The van der Waals surface area contributed by atoms with Gasteiger partial charge in [-0.2, -0.15) is 0 Å². The predicted molar refractivity (Wildman–Crippen MR) is 123 cm³/mol. The molecule has 0 radical (unpaired) electrons. The second kappa shape index (κ2) is 11.2. The van der Waals surface area contributed by atoms with Gasteiger partial charge in [0.05, 0.1) is 6.54 Å². The Balaban J connectivity index is 1.46. The number of para-hydroxylation sites is 1. The van der Waals surface area contributed by atoms with E-state index in [-0.39, 0.29) is 18.4 Å². The number of amides is 2. The maximum Gasteiger partial charge on any atom is 0.258 e. The largest absolute Gasteiger partial charge is 0.376 e. The van der Waals surface area contributed by atoms with Crippen molar-refractivity contribution >= 4 is 23.2 Å². The summed E-state index contributed by atoms with van der Waals surface area (Å²) in [6, 6.07) is 16.9.